The van der Waals surface area contributed by atoms with Crippen LogP contribution >= 0.6 is 0 Å². The minimum Gasteiger partial charge on any atom is -0.455 e. The predicted octanol–water partition coefficient (Wildman–Crippen LogP) is 11.0. The molecule has 0 spiro atoms. The largest absolute Gasteiger partial charge is 0.455 e. The summed E-state index contributed by atoms with van der Waals surface area (Å²) in [4.78, 5) is 0. The van der Waals surface area contributed by atoms with Crippen molar-refractivity contribution in [2.24, 2.45) is 0 Å². The molecule has 0 unspecified atom stereocenters. The number of para-hydroxylation sites is 2. The lowest BCUT2D eigenvalue weighted by molar-refractivity contribution is 0.670. The maximum atomic E-state index is 6.42. The summed E-state index contributed by atoms with van der Waals surface area (Å²) in [5.41, 5.74) is 6.71. The van der Waals surface area contributed by atoms with E-state index in [0.717, 1.165) is 27.5 Å². The van der Waals surface area contributed by atoms with Gasteiger partial charge < -0.3 is 4.42 Å². The molecular formula is C38H22O. The van der Waals surface area contributed by atoms with Crippen molar-refractivity contribution in [1.82, 2.24) is 0 Å². The molecule has 9 rings (SSSR count). The molecule has 0 aliphatic carbocycles. The van der Waals surface area contributed by atoms with Crippen LogP contribution in [0.5, 0.6) is 0 Å². The van der Waals surface area contributed by atoms with Crippen LogP contribution in [0, 0.1) is 0 Å². The van der Waals surface area contributed by atoms with Crippen LogP contribution in [0.3, 0.4) is 0 Å². The number of fused-ring (bicyclic) bond motifs is 4. The maximum Gasteiger partial charge on any atom is 0.143 e. The number of hydrogen-bond donors (Lipinski definition) is 0. The molecule has 1 aromatic heterocycles. The third-order valence-electron chi connectivity index (χ3n) is 8.44. The molecule has 1 heterocycles. The molecule has 0 radical (unpaired) electrons. The zero-order chi connectivity index (χ0) is 25.5. The first kappa shape index (κ1) is 20.9. The van der Waals surface area contributed by atoms with Crippen molar-refractivity contribution < 1.29 is 4.42 Å². The van der Waals surface area contributed by atoms with E-state index in [9.17, 15) is 0 Å². The van der Waals surface area contributed by atoms with E-state index < -0.39 is 0 Å². The van der Waals surface area contributed by atoms with E-state index in [1.807, 2.05) is 12.1 Å². The SMILES string of the molecule is c1cc2ccc3ccc(-c4ccc(-c5cccc6c5oc5ccccc56)c5ccccc45)c4ccc(c1)c2c34. The van der Waals surface area contributed by atoms with Gasteiger partial charge in [0.1, 0.15) is 11.2 Å². The first-order valence-corrected chi connectivity index (χ1v) is 13.4. The van der Waals surface area contributed by atoms with Gasteiger partial charge in [0.2, 0.25) is 0 Å². The van der Waals surface area contributed by atoms with Gasteiger partial charge in [-0.15, -0.1) is 0 Å². The summed E-state index contributed by atoms with van der Waals surface area (Å²) in [6, 6.07) is 48.4. The Kier molecular flexibility index (Phi) is 4.11. The zero-order valence-electron chi connectivity index (χ0n) is 21.1. The fourth-order valence-electron chi connectivity index (χ4n) is 6.70. The fourth-order valence-corrected chi connectivity index (χ4v) is 6.70. The van der Waals surface area contributed by atoms with Gasteiger partial charge in [-0.2, -0.15) is 0 Å². The molecule has 0 aliphatic rings. The maximum absolute atomic E-state index is 6.42. The quantitative estimate of drug-likeness (QED) is 0.218. The van der Waals surface area contributed by atoms with Crippen molar-refractivity contribution in [2.75, 3.05) is 0 Å². The zero-order valence-corrected chi connectivity index (χ0v) is 21.1. The Hall–Kier alpha value is -5.14. The molecule has 39 heavy (non-hydrogen) atoms. The van der Waals surface area contributed by atoms with Crippen molar-refractivity contribution in [3.05, 3.63) is 133 Å². The van der Waals surface area contributed by atoms with E-state index in [-0.39, 0.29) is 0 Å². The summed E-state index contributed by atoms with van der Waals surface area (Å²) in [6.45, 7) is 0. The molecule has 1 heteroatoms. The number of benzene rings is 8. The van der Waals surface area contributed by atoms with Gasteiger partial charge in [-0.3, -0.25) is 0 Å². The monoisotopic (exact) mass is 494 g/mol. The van der Waals surface area contributed by atoms with Crippen molar-refractivity contribution >= 4 is 65.0 Å². The molecule has 0 saturated carbocycles. The second kappa shape index (κ2) is 7.69. The normalized spacial score (nSPS) is 12.1. The van der Waals surface area contributed by atoms with Crippen LogP contribution in [0.1, 0.15) is 0 Å². The van der Waals surface area contributed by atoms with Gasteiger partial charge in [0.05, 0.1) is 0 Å². The van der Waals surface area contributed by atoms with E-state index in [2.05, 4.69) is 121 Å². The van der Waals surface area contributed by atoms with Gasteiger partial charge in [0, 0.05) is 16.3 Å². The van der Waals surface area contributed by atoms with E-state index >= 15 is 0 Å². The Labute approximate surface area is 224 Å². The van der Waals surface area contributed by atoms with Gasteiger partial charge >= 0.3 is 0 Å². The van der Waals surface area contributed by atoms with Crippen LogP contribution in [-0.2, 0) is 0 Å². The molecule has 0 atom stereocenters. The Balaban J connectivity index is 1.34. The molecule has 180 valence electrons. The number of rotatable bonds is 2. The average Bonchev–Trinajstić information content (AvgIpc) is 3.38. The van der Waals surface area contributed by atoms with Crippen molar-refractivity contribution in [3.63, 3.8) is 0 Å². The summed E-state index contributed by atoms with van der Waals surface area (Å²) in [5.74, 6) is 0. The Morgan fingerprint density at radius 1 is 0.308 bits per heavy atom. The molecule has 8 aromatic carbocycles. The molecule has 0 fully saturated rings. The van der Waals surface area contributed by atoms with E-state index in [1.165, 1.54) is 59.8 Å². The van der Waals surface area contributed by atoms with Crippen LogP contribution < -0.4 is 0 Å². The lowest BCUT2D eigenvalue weighted by Crippen LogP contribution is -1.90. The Morgan fingerprint density at radius 3 is 1.64 bits per heavy atom. The molecule has 0 amide bonds. The Bertz CT molecular complexity index is 2370. The molecule has 0 saturated heterocycles. The second-order valence-corrected chi connectivity index (χ2v) is 10.5. The van der Waals surface area contributed by atoms with Crippen molar-refractivity contribution in [1.29, 1.82) is 0 Å². The topological polar surface area (TPSA) is 13.1 Å². The molecule has 0 N–H and O–H groups in total. The molecule has 1 nitrogen and oxygen atoms in total. The van der Waals surface area contributed by atoms with E-state index in [4.69, 9.17) is 4.42 Å². The summed E-state index contributed by atoms with van der Waals surface area (Å²) in [5, 5.41) is 12.7. The van der Waals surface area contributed by atoms with Crippen LogP contribution in [0.15, 0.2) is 138 Å². The van der Waals surface area contributed by atoms with Crippen molar-refractivity contribution in [2.45, 2.75) is 0 Å². The lowest BCUT2D eigenvalue weighted by Gasteiger charge is -2.17. The van der Waals surface area contributed by atoms with E-state index in [0.29, 0.717) is 0 Å². The minimum atomic E-state index is 0.925. The highest BCUT2D eigenvalue weighted by Crippen LogP contribution is 2.44. The average molecular weight is 495 g/mol. The highest BCUT2D eigenvalue weighted by atomic mass is 16.3. The first-order chi connectivity index (χ1) is 19.3. The standard InChI is InChI=1S/C38H22O/c1-2-10-27-26(9-1)28(21-22-30(27)33-12-6-13-34-31-11-3-4-14-35(31)39-38(33)34)29-19-17-25-16-15-23-7-5-8-24-18-20-32(29)37(25)36(23)24/h1-22H. The molecule has 0 aliphatic heterocycles. The predicted molar refractivity (Wildman–Crippen MR) is 166 cm³/mol. The van der Waals surface area contributed by atoms with Gasteiger partial charge in [-0.1, -0.05) is 127 Å². The number of furan rings is 1. The fraction of sp³-hybridized carbons (Fsp3) is 0. The van der Waals surface area contributed by atoms with Crippen molar-refractivity contribution in [3.8, 4) is 22.3 Å². The Morgan fingerprint density at radius 2 is 0.846 bits per heavy atom. The van der Waals surface area contributed by atoms with Gasteiger partial charge in [-0.25, -0.2) is 0 Å². The smallest absolute Gasteiger partial charge is 0.143 e. The summed E-state index contributed by atoms with van der Waals surface area (Å²) in [7, 11) is 0. The lowest BCUT2D eigenvalue weighted by atomic mass is 9.87. The summed E-state index contributed by atoms with van der Waals surface area (Å²) < 4.78 is 6.42. The minimum absolute atomic E-state index is 0.925. The van der Waals surface area contributed by atoms with Crippen LogP contribution in [0.25, 0.3) is 87.3 Å². The molecular weight excluding hydrogens is 472 g/mol. The highest BCUT2D eigenvalue weighted by Gasteiger charge is 2.17. The van der Waals surface area contributed by atoms with Crippen LogP contribution in [0.4, 0.5) is 0 Å². The number of hydrogen-bond acceptors (Lipinski definition) is 1. The highest BCUT2D eigenvalue weighted by molar-refractivity contribution is 6.26. The van der Waals surface area contributed by atoms with Gasteiger partial charge in [-0.05, 0) is 65.8 Å². The third kappa shape index (κ3) is 2.85. The summed E-state index contributed by atoms with van der Waals surface area (Å²) >= 11 is 0. The van der Waals surface area contributed by atoms with Crippen LogP contribution in [-0.4, -0.2) is 0 Å². The molecule has 0 bridgehead atoms. The van der Waals surface area contributed by atoms with Crippen LogP contribution in [0.2, 0.25) is 0 Å². The third-order valence-corrected chi connectivity index (χ3v) is 8.44. The second-order valence-electron chi connectivity index (χ2n) is 10.5. The van der Waals surface area contributed by atoms with Gasteiger partial charge in [0.25, 0.3) is 0 Å². The van der Waals surface area contributed by atoms with Gasteiger partial charge in [0.15, 0.2) is 0 Å². The molecule has 9 aromatic rings. The van der Waals surface area contributed by atoms with E-state index in [1.54, 1.807) is 0 Å². The summed E-state index contributed by atoms with van der Waals surface area (Å²) in [6.07, 6.45) is 0. The first-order valence-electron chi connectivity index (χ1n) is 13.4.